The zero-order valence-corrected chi connectivity index (χ0v) is 24.4. The van der Waals surface area contributed by atoms with Crippen molar-refractivity contribution in [1.82, 2.24) is 15.3 Å². The first-order chi connectivity index (χ1) is 21.0. The fourth-order valence-electron chi connectivity index (χ4n) is 5.33. The molecule has 0 radical (unpaired) electrons. The Hall–Kier alpha value is -3.50. The predicted octanol–water partition coefficient (Wildman–Crippen LogP) is 5.59. The minimum Gasteiger partial charge on any atom is -0.478 e. The third kappa shape index (κ3) is 6.87. The van der Waals surface area contributed by atoms with Crippen LogP contribution in [0.2, 0.25) is 0 Å². The number of nitrogens with one attached hydrogen (secondary N) is 2. The molecule has 0 amide bonds. The standard InChI is InChI=1S/C31H38N4O5S/c1-19(2)13-23(32-24-16-31(17-24)11-12-31)18-40-27-15-26(28-20(3)7-5-8-21(28)4)33-30(34-27)35-41(38,39)25-10-6-9-22(14-25)29(36)37/h5-10,14-15,19,23-24,32H,11-13,16-18H2,1-4H3,(H,36,37)(H,33,34,35)/i11D2,12D2. The van der Waals surface area contributed by atoms with E-state index in [2.05, 4.69) is 33.9 Å². The summed E-state index contributed by atoms with van der Waals surface area (Å²) in [5, 5.41) is 12.8. The van der Waals surface area contributed by atoms with Crippen LogP contribution in [0.25, 0.3) is 11.3 Å². The molecule has 1 aromatic heterocycles. The predicted molar refractivity (Wildman–Crippen MR) is 158 cm³/mol. The number of hydrogen-bond acceptors (Lipinski definition) is 7. The Labute approximate surface area is 247 Å². The van der Waals surface area contributed by atoms with Crippen LogP contribution in [0.15, 0.2) is 53.4 Å². The number of rotatable bonds is 12. The monoisotopic (exact) mass is 582 g/mol. The van der Waals surface area contributed by atoms with Crippen LogP contribution < -0.4 is 14.8 Å². The van der Waals surface area contributed by atoms with Gasteiger partial charge < -0.3 is 15.2 Å². The molecule has 218 valence electrons. The summed E-state index contributed by atoms with van der Waals surface area (Å²) < 4.78 is 67.4. The van der Waals surface area contributed by atoms with Gasteiger partial charge in [0, 0.05) is 29.2 Å². The second kappa shape index (κ2) is 11.4. The van der Waals surface area contributed by atoms with E-state index in [-0.39, 0.29) is 41.0 Å². The Morgan fingerprint density at radius 1 is 1.12 bits per heavy atom. The summed E-state index contributed by atoms with van der Waals surface area (Å²) >= 11 is 0. The van der Waals surface area contributed by atoms with Gasteiger partial charge in [0.15, 0.2) is 0 Å². The van der Waals surface area contributed by atoms with E-state index in [9.17, 15) is 18.3 Å². The number of carboxylic acids is 1. The van der Waals surface area contributed by atoms with Crippen molar-refractivity contribution in [3.63, 3.8) is 0 Å². The normalized spacial score (nSPS) is 20.7. The molecular weight excluding hydrogens is 540 g/mol. The second-order valence-electron chi connectivity index (χ2n) is 11.4. The van der Waals surface area contributed by atoms with Crippen molar-refractivity contribution in [3.8, 4) is 17.1 Å². The largest absolute Gasteiger partial charge is 0.478 e. The van der Waals surface area contributed by atoms with Gasteiger partial charge in [0.05, 0.1) is 16.2 Å². The van der Waals surface area contributed by atoms with Gasteiger partial charge in [0.25, 0.3) is 10.0 Å². The van der Waals surface area contributed by atoms with Gasteiger partial charge in [-0.15, -0.1) is 0 Å². The molecule has 3 aromatic rings. The number of nitrogens with zero attached hydrogens (tertiary/aromatic N) is 2. The molecule has 2 aliphatic carbocycles. The van der Waals surface area contributed by atoms with Crippen molar-refractivity contribution in [2.45, 2.75) is 76.7 Å². The van der Waals surface area contributed by atoms with Crippen LogP contribution in [0.3, 0.4) is 0 Å². The molecule has 2 aliphatic rings. The summed E-state index contributed by atoms with van der Waals surface area (Å²) in [6, 6.07) is 12.2. The number of sulfonamides is 1. The highest BCUT2D eigenvalue weighted by atomic mass is 32.2. The zero-order valence-electron chi connectivity index (χ0n) is 27.6. The van der Waals surface area contributed by atoms with Crippen LogP contribution in [0.5, 0.6) is 5.88 Å². The van der Waals surface area contributed by atoms with Crippen molar-refractivity contribution < 1.29 is 28.5 Å². The minimum absolute atomic E-state index is 0.0514. The third-order valence-corrected chi connectivity index (χ3v) is 8.71. The van der Waals surface area contributed by atoms with Gasteiger partial charge in [-0.3, -0.25) is 0 Å². The molecular formula is C31H38N4O5S. The Morgan fingerprint density at radius 3 is 2.44 bits per heavy atom. The molecule has 10 heteroatoms. The number of carbonyl (C=O) groups is 1. The molecule has 3 N–H and O–H groups in total. The molecule has 1 atom stereocenters. The first-order valence-electron chi connectivity index (χ1n) is 15.7. The van der Waals surface area contributed by atoms with Crippen LogP contribution in [0, 0.1) is 25.2 Å². The van der Waals surface area contributed by atoms with Gasteiger partial charge in [0.2, 0.25) is 11.8 Å². The number of aromatic nitrogens is 2. The van der Waals surface area contributed by atoms with Crippen LogP contribution in [0.4, 0.5) is 5.95 Å². The number of hydrogen-bond donors (Lipinski definition) is 3. The molecule has 2 aromatic carbocycles. The number of ether oxygens (including phenoxy) is 1. The number of benzene rings is 2. The van der Waals surface area contributed by atoms with Crippen LogP contribution >= 0.6 is 0 Å². The van der Waals surface area contributed by atoms with Gasteiger partial charge in [-0.05, 0) is 86.5 Å². The number of anilines is 1. The minimum atomic E-state index is -4.26. The lowest BCUT2D eigenvalue weighted by atomic mass is 9.76. The maximum atomic E-state index is 13.3. The van der Waals surface area contributed by atoms with Crippen LogP contribution in [-0.4, -0.2) is 48.2 Å². The Kier molecular flexibility index (Phi) is 6.71. The van der Waals surface area contributed by atoms with E-state index in [1.165, 1.54) is 18.2 Å². The van der Waals surface area contributed by atoms with E-state index in [0.29, 0.717) is 24.5 Å². The van der Waals surface area contributed by atoms with Gasteiger partial charge in [-0.2, -0.15) is 4.98 Å². The van der Waals surface area contributed by atoms with Crippen LogP contribution in [0.1, 0.15) is 72.8 Å². The molecule has 2 fully saturated rings. The van der Waals surface area contributed by atoms with E-state index < -0.39 is 34.2 Å². The Bertz CT molecular complexity index is 1690. The van der Waals surface area contributed by atoms with Crippen LogP contribution in [-0.2, 0) is 10.0 Å². The maximum absolute atomic E-state index is 13.3. The smallest absolute Gasteiger partial charge is 0.335 e. The van der Waals surface area contributed by atoms with Gasteiger partial charge in [-0.1, -0.05) is 38.1 Å². The summed E-state index contributed by atoms with van der Waals surface area (Å²) in [6.45, 7) is 8.17. The third-order valence-electron chi connectivity index (χ3n) is 7.38. The van der Waals surface area contributed by atoms with Gasteiger partial charge >= 0.3 is 5.97 Å². The molecule has 1 unspecified atom stereocenters. The lowest BCUT2D eigenvalue weighted by molar-refractivity contribution is 0.0696. The van der Waals surface area contributed by atoms with Crippen molar-refractivity contribution in [2.24, 2.45) is 11.3 Å². The first kappa shape index (κ1) is 24.1. The average Bonchev–Trinajstić information content (AvgIpc) is 3.29. The first-order valence-corrected chi connectivity index (χ1v) is 15.2. The molecule has 0 saturated heterocycles. The maximum Gasteiger partial charge on any atom is 0.335 e. The van der Waals surface area contributed by atoms with Crippen molar-refractivity contribution in [3.05, 3.63) is 65.2 Å². The fourth-order valence-corrected chi connectivity index (χ4v) is 6.32. The summed E-state index contributed by atoms with van der Waals surface area (Å²) in [6.07, 6.45) is -2.11. The van der Waals surface area contributed by atoms with E-state index >= 15 is 0 Å². The second-order valence-corrected chi connectivity index (χ2v) is 13.0. The van der Waals surface area contributed by atoms with E-state index in [1.54, 1.807) is 6.07 Å². The van der Waals surface area contributed by atoms with Gasteiger partial charge in [-0.25, -0.2) is 22.9 Å². The Morgan fingerprint density at radius 2 is 1.80 bits per heavy atom. The Balaban J connectivity index is 1.40. The molecule has 1 spiro atoms. The molecule has 0 bridgehead atoms. The van der Waals surface area contributed by atoms with Gasteiger partial charge in [0.1, 0.15) is 6.61 Å². The molecule has 2 saturated carbocycles. The van der Waals surface area contributed by atoms with Crippen molar-refractivity contribution >= 4 is 21.9 Å². The lowest BCUT2D eigenvalue weighted by Gasteiger charge is -2.39. The van der Waals surface area contributed by atoms with Crippen molar-refractivity contribution in [2.75, 3.05) is 11.3 Å². The summed E-state index contributed by atoms with van der Waals surface area (Å²) in [7, 11) is -4.26. The molecule has 5 rings (SSSR count). The molecule has 1 heterocycles. The zero-order chi connectivity index (χ0) is 32.9. The quantitative estimate of drug-likeness (QED) is 0.252. The highest BCUT2D eigenvalue weighted by Crippen LogP contribution is 2.60. The number of carboxylic acid groups (broad SMARTS) is 1. The SMILES string of the molecule is [2H]C1([2H])C([2H])([2H])C12CC(NC(COc1cc(-c3c(C)cccc3C)nc(NS(=O)(=O)c3cccc(C(=O)O)c3)n1)CC(C)C)C2. The van der Waals surface area contributed by atoms with Crippen molar-refractivity contribution in [1.29, 1.82) is 0 Å². The molecule has 9 nitrogen and oxygen atoms in total. The lowest BCUT2D eigenvalue weighted by Crippen LogP contribution is -2.49. The fraction of sp³-hybridized carbons (Fsp3) is 0.452. The van der Waals surface area contributed by atoms with E-state index in [0.717, 1.165) is 29.2 Å². The highest BCUT2D eigenvalue weighted by Gasteiger charge is 2.53. The summed E-state index contributed by atoms with van der Waals surface area (Å²) in [4.78, 5) is 20.0. The molecule has 41 heavy (non-hydrogen) atoms. The average molecular weight is 583 g/mol. The van der Waals surface area contributed by atoms with E-state index in [1.807, 2.05) is 32.0 Å². The topological polar surface area (TPSA) is 131 Å². The number of aryl methyl sites for hydroxylation is 2. The summed E-state index contributed by atoms with van der Waals surface area (Å²) in [5.41, 5.74) is 1.95. The molecule has 0 aliphatic heterocycles. The van der Waals surface area contributed by atoms with E-state index in [4.69, 9.17) is 10.2 Å². The number of aromatic carboxylic acids is 1. The summed E-state index contributed by atoms with van der Waals surface area (Å²) in [5.74, 6) is -1.06. The highest BCUT2D eigenvalue weighted by molar-refractivity contribution is 7.92.